The van der Waals surface area contributed by atoms with E-state index in [2.05, 4.69) is 17.1 Å². The number of hydrogen-bond acceptors (Lipinski definition) is 7. The summed E-state index contributed by atoms with van der Waals surface area (Å²) in [7, 11) is -2.98. The van der Waals surface area contributed by atoms with Crippen molar-refractivity contribution >= 4 is 27.5 Å². The number of carbonyl (C=O) groups excluding carboxylic acids is 1. The fourth-order valence-electron chi connectivity index (χ4n) is 3.11. The molecule has 0 spiro atoms. The molecule has 2 aliphatic heterocycles. The Morgan fingerprint density at radius 3 is 2.87 bits per heavy atom. The molecule has 3 rings (SSSR count). The fourth-order valence-corrected chi connectivity index (χ4v) is 5.50. The van der Waals surface area contributed by atoms with Gasteiger partial charge in [-0.05, 0) is 32.6 Å². The van der Waals surface area contributed by atoms with Crippen LogP contribution in [-0.4, -0.2) is 59.3 Å². The van der Waals surface area contributed by atoms with Crippen molar-refractivity contribution in [3.05, 3.63) is 5.89 Å². The van der Waals surface area contributed by atoms with E-state index in [0.717, 1.165) is 19.4 Å². The minimum Gasteiger partial charge on any atom is -0.416 e. The summed E-state index contributed by atoms with van der Waals surface area (Å²) in [4.78, 5) is 14.2. The van der Waals surface area contributed by atoms with Gasteiger partial charge in [0.05, 0.1) is 23.2 Å². The zero-order valence-corrected chi connectivity index (χ0v) is 14.7. The van der Waals surface area contributed by atoms with Crippen molar-refractivity contribution in [1.29, 1.82) is 0 Å². The molecule has 9 heteroatoms. The third-order valence-electron chi connectivity index (χ3n) is 4.45. The standard InChI is InChI=1S/C14H21N3O4S2/c1-10-4-2-3-6-17(10)12(18)8-22-14-16-15-13(21-14)11-5-7-23(19,20)9-11/h10-11H,2-9H2,1H3/t10-,11-/m0/s1. The minimum absolute atomic E-state index is 0.0729. The second kappa shape index (κ2) is 6.80. The summed E-state index contributed by atoms with van der Waals surface area (Å²) in [5.74, 6) is 0.768. The number of sulfone groups is 1. The number of carbonyl (C=O) groups is 1. The molecule has 0 aliphatic carbocycles. The largest absolute Gasteiger partial charge is 0.416 e. The highest BCUT2D eigenvalue weighted by Crippen LogP contribution is 2.30. The van der Waals surface area contributed by atoms with Gasteiger partial charge < -0.3 is 9.32 Å². The molecule has 0 saturated carbocycles. The van der Waals surface area contributed by atoms with Crippen LogP contribution in [0.1, 0.15) is 44.4 Å². The molecule has 23 heavy (non-hydrogen) atoms. The Hall–Kier alpha value is -1.09. The lowest BCUT2D eigenvalue weighted by Crippen LogP contribution is -2.42. The van der Waals surface area contributed by atoms with E-state index in [9.17, 15) is 13.2 Å². The van der Waals surface area contributed by atoms with Crippen LogP contribution in [-0.2, 0) is 14.6 Å². The summed E-state index contributed by atoms with van der Waals surface area (Å²) in [5, 5.41) is 8.20. The van der Waals surface area contributed by atoms with E-state index in [-0.39, 0.29) is 29.1 Å². The van der Waals surface area contributed by atoms with E-state index < -0.39 is 9.84 Å². The van der Waals surface area contributed by atoms with E-state index in [0.29, 0.717) is 23.6 Å². The van der Waals surface area contributed by atoms with E-state index in [1.165, 1.54) is 18.2 Å². The van der Waals surface area contributed by atoms with Gasteiger partial charge in [0.1, 0.15) is 0 Å². The fraction of sp³-hybridized carbons (Fsp3) is 0.786. The molecule has 7 nitrogen and oxygen atoms in total. The number of rotatable bonds is 4. The van der Waals surface area contributed by atoms with Crippen molar-refractivity contribution in [2.24, 2.45) is 0 Å². The van der Waals surface area contributed by atoms with Gasteiger partial charge in [-0.25, -0.2) is 8.42 Å². The van der Waals surface area contributed by atoms with Crippen LogP contribution in [0.4, 0.5) is 0 Å². The topological polar surface area (TPSA) is 93.4 Å². The van der Waals surface area contributed by atoms with E-state index in [1.54, 1.807) is 0 Å². The van der Waals surface area contributed by atoms with Crippen LogP contribution in [0.15, 0.2) is 9.64 Å². The Bertz CT molecular complexity index is 673. The van der Waals surface area contributed by atoms with Gasteiger partial charge in [0.2, 0.25) is 11.8 Å². The number of amides is 1. The first kappa shape index (κ1) is 16.8. The molecular formula is C14H21N3O4S2. The summed E-state index contributed by atoms with van der Waals surface area (Å²) in [6.07, 6.45) is 3.81. The molecule has 2 fully saturated rings. The number of piperidine rings is 1. The average molecular weight is 359 g/mol. The Morgan fingerprint density at radius 2 is 2.17 bits per heavy atom. The molecule has 0 bridgehead atoms. The van der Waals surface area contributed by atoms with Crippen LogP contribution in [0.25, 0.3) is 0 Å². The van der Waals surface area contributed by atoms with E-state index in [1.807, 2.05) is 4.90 Å². The lowest BCUT2D eigenvalue weighted by atomic mass is 10.0. The van der Waals surface area contributed by atoms with E-state index in [4.69, 9.17) is 4.42 Å². The maximum atomic E-state index is 12.3. The molecule has 2 atom stereocenters. The second-order valence-corrected chi connectivity index (χ2v) is 9.38. The maximum absolute atomic E-state index is 12.3. The molecule has 1 aromatic rings. The molecule has 0 unspecified atom stereocenters. The van der Waals surface area contributed by atoms with Crippen molar-refractivity contribution in [2.75, 3.05) is 23.8 Å². The maximum Gasteiger partial charge on any atom is 0.277 e. The SMILES string of the molecule is C[C@H]1CCCCN1C(=O)CSc1nnc([C@H]2CCS(=O)(=O)C2)o1. The van der Waals surface area contributed by atoms with Crippen LogP contribution < -0.4 is 0 Å². The highest BCUT2D eigenvalue weighted by Gasteiger charge is 2.33. The second-order valence-electron chi connectivity index (χ2n) is 6.23. The van der Waals surface area contributed by atoms with Crippen LogP contribution >= 0.6 is 11.8 Å². The molecule has 1 aromatic heterocycles. The summed E-state index contributed by atoms with van der Waals surface area (Å²) in [5.41, 5.74) is 0. The predicted octanol–water partition coefficient (Wildman–Crippen LogP) is 1.46. The van der Waals surface area contributed by atoms with Gasteiger partial charge in [-0.15, -0.1) is 10.2 Å². The normalized spacial score (nSPS) is 27.3. The van der Waals surface area contributed by atoms with Gasteiger partial charge in [0.25, 0.3) is 5.22 Å². The molecule has 0 N–H and O–H groups in total. The predicted molar refractivity (Wildman–Crippen MR) is 86.1 cm³/mol. The van der Waals surface area contributed by atoms with Crippen LogP contribution in [0.2, 0.25) is 0 Å². The van der Waals surface area contributed by atoms with Crippen molar-refractivity contribution in [3.8, 4) is 0 Å². The summed E-state index contributed by atoms with van der Waals surface area (Å²) < 4.78 is 28.5. The Balaban J connectivity index is 1.54. The Labute approximate surface area is 140 Å². The van der Waals surface area contributed by atoms with Crippen molar-refractivity contribution in [1.82, 2.24) is 15.1 Å². The third kappa shape index (κ3) is 4.06. The quantitative estimate of drug-likeness (QED) is 0.751. The highest BCUT2D eigenvalue weighted by atomic mass is 32.2. The van der Waals surface area contributed by atoms with Gasteiger partial charge >= 0.3 is 0 Å². The number of likely N-dealkylation sites (tertiary alicyclic amines) is 1. The molecule has 1 amide bonds. The smallest absolute Gasteiger partial charge is 0.277 e. The van der Waals surface area contributed by atoms with Crippen molar-refractivity contribution in [2.45, 2.75) is 49.8 Å². The molecule has 0 aromatic carbocycles. The molecule has 3 heterocycles. The number of aromatic nitrogens is 2. The zero-order valence-electron chi connectivity index (χ0n) is 13.1. The number of nitrogens with zero attached hydrogens (tertiary/aromatic N) is 3. The van der Waals surface area contributed by atoms with Gasteiger partial charge in [0, 0.05) is 12.6 Å². The lowest BCUT2D eigenvalue weighted by Gasteiger charge is -2.33. The van der Waals surface area contributed by atoms with E-state index >= 15 is 0 Å². The lowest BCUT2D eigenvalue weighted by molar-refractivity contribution is -0.131. The van der Waals surface area contributed by atoms with Gasteiger partial charge in [-0.3, -0.25) is 4.79 Å². The minimum atomic E-state index is -2.98. The molecule has 2 aliphatic rings. The molecule has 0 radical (unpaired) electrons. The van der Waals surface area contributed by atoms with Crippen molar-refractivity contribution in [3.63, 3.8) is 0 Å². The molecule has 2 saturated heterocycles. The first-order chi connectivity index (χ1) is 10.9. The Morgan fingerprint density at radius 1 is 1.35 bits per heavy atom. The summed E-state index contributed by atoms with van der Waals surface area (Å²) >= 11 is 1.22. The van der Waals surface area contributed by atoms with Crippen LogP contribution in [0.3, 0.4) is 0 Å². The van der Waals surface area contributed by atoms with Gasteiger partial charge in [-0.2, -0.15) is 0 Å². The van der Waals surface area contributed by atoms with Crippen LogP contribution in [0.5, 0.6) is 0 Å². The monoisotopic (exact) mass is 359 g/mol. The zero-order chi connectivity index (χ0) is 16.4. The first-order valence-electron chi connectivity index (χ1n) is 7.91. The summed E-state index contributed by atoms with van der Waals surface area (Å²) in [6.45, 7) is 2.89. The average Bonchev–Trinajstić information content (AvgIpc) is 3.11. The number of thioether (sulfide) groups is 1. The molecule has 128 valence electrons. The number of hydrogen-bond donors (Lipinski definition) is 0. The van der Waals surface area contributed by atoms with Crippen LogP contribution in [0, 0.1) is 0 Å². The first-order valence-corrected chi connectivity index (χ1v) is 10.7. The Kier molecular flexibility index (Phi) is 4.96. The van der Waals surface area contributed by atoms with Crippen molar-refractivity contribution < 1.29 is 17.6 Å². The molecular weight excluding hydrogens is 338 g/mol. The van der Waals surface area contributed by atoms with Gasteiger partial charge in [-0.1, -0.05) is 11.8 Å². The van der Waals surface area contributed by atoms with Gasteiger partial charge in [0.15, 0.2) is 9.84 Å². The third-order valence-corrected chi connectivity index (χ3v) is 7.02. The summed E-state index contributed by atoms with van der Waals surface area (Å²) in [6, 6.07) is 0.291. The highest BCUT2D eigenvalue weighted by molar-refractivity contribution is 7.99.